The summed E-state index contributed by atoms with van der Waals surface area (Å²) in [5.41, 5.74) is 2.97. The third-order valence-electron chi connectivity index (χ3n) is 7.50. The molecule has 4 aromatic rings. The number of carboxylic acid groups (broad SMARTS) is 1. The Morgan fingerprint density at radius 3 is 2.55 bits per heavy atom. The fourth-order valence-electron chi connectivity index (χ4n) is 5.04. The van der Waals surface area contributed by atoms with E-state index in [0.717, 1.165) is 32.0 Å². The summed E-state index contributed by atoms with van der Waals surface area (Å²) in [5, 5.41) is 18.2. The molecule has 2 N–H and O–H groups in total. The normalized spacial score (nSPS) is 15.9. The lowest BCUT2D eigenvalue weighted by Crippen LogP contribution is -2.45. The summed E-state index contributed by atoms with van der Waals surface area (Å²) in [4.78, 5) is 49.9. The average molecular weight is 574 g/mol. The molecule has 14 heteroatoms. The molecule has 1 aliphatic carbocycles. The van der Waals surface area contributed by atoms with Gasteiger partial charge in [0.15, 0.2) is 11.6 Å². The number of hydrazone groups is 1. The summed E-state index contributed by atoms with van der Waals surface area (Å²) in [6.45, 7) is 4.50. The maximum absolute atomic E-state index is 15.8. The Hall–Kier alpha value is -4.98. The molecule has 0 aromatic carbocycles. The molecule has 0 radical (unpaired) electrons. The van der Waals surface area contributed by atoms with Crippen molar-refractivity contribution in [3.63, 3.8) is 0 Å². The van der Waals surface area contributed by atoms with E-state index in [0.29, 0.717) is 35.7 Å². The SMILES string of the molecule is Cc1nn(-c2nc3c(cc2F)c(=O)c(C(=O)O)cn3C2CC2)c(N2CCN(C)CC2)c1/C=N\NC(=O)c1ccncc1. The van der Waals surface area contributed by atoms with Gasteiger partial charge in [-0.2, -0.15) is 14.9 Å². The average Bonchev–Trinajstić information content (AvgIpc) is 3.77. The van der Waals surface area contributed by atoms with Gasteiger partial charge in [0.1, 0.15) is 17.0 Å². The highest BCUT2D eigenvalue weighted by Gasteiger charge is 2.30. The third-order valence-corrected chi connectivity index (χ3v) is 7.50. The van der Waals surface area contributed by atoms with Gasteiger partial charge in [0.25, 0.3) is 5.91 Å². The molecule has 1 aliphatic heterocycles. The second-order valence-electron chi connectivity index (χ2n) is 10.4. The lowest BCUT2D eigenvalue weighted by Gasteiger charge is -2.34. The van der Waals surface area contributed by atoms with Gasteiger partial charge in [0.05, 0.1) is 22.9 Å². The van der Waals surface area contributed by atoms with E-state index in [2.05, 4.69) is 35.4 Å². The monoisotopic (exact) mass is 573 g/mol. The first-order chi connectivity index (χ1) is 20.2. The maximum atomic E-state index is 15.8. The second kappa shape index (κ2) is 10.8. The predicted octanol–water partition coefficient (Wildman–Crippen LogP) is 1.97. The van der Waals surface area contributed by atoms with E-state index in [1.807, 2.05) is 7.05 Å². The number of likely N-dealkylation sites (N-methyl/N-ethyl adjacent to an activating group) is 1. The lowest BCUT2D eigenvalue weighted by molar-refractivity contribution is 0.0694. The molecule has 42 heavy (non-hydrogen) atoms. The lowest BCUT2D eigenvalue weighted by atomic mass is 10.2. The number of aryl methyl sites for hydroxylation is 1. The molecule has 1 amide bonds. The van der Waals surface area contributed by atoms with Crippen LogP contribution >= 0.6 is 0 Å². The minimum absolute atomic E-state index is 0.0276. The van der Waals surface area contributed by atoms with Gasteiger partial charge in [-0.15, -0.1) is 0 Å². The Morgan fingerprint density at radius 2 is 1.88 bits per heavy atom. The summed E-state index contributed by atoms with van der Waals surface area (Å²) < 4.78 is 18.9. The van der Waals surface area contributed by atoms with E-state index < -0.39 is 28.7 Å². The minimum Gasteiger partial charge on any atom is -0.477 e. The summed E-state index contributed by atoms with van der Waals surface area (Å²) in [6.07, 6.45) is 7.38. The molecule has 0 atom stereocenters. The van der Waals surface area contributed by atoms with Crippen molar-refractivity contribution in [3.05, 3.63) is 75.2 Å². The Balaban J connectivity index is 1.47. The van der Waals surface area contributed by atoms with Gasteiger partial charge >= 0.3 is 5.97 Å². The first kappa shape index (κ1) is 27.2. The molecule has 0 spiro atoms. The highest BCUT2D eigenvalue weighted by molar-refractivity contribution is 5.96. The molecule has 2 aliphatic rings. The summed E-state index contributed by atoms with van der Waals surface area (Å²) >= 11 is 0. The molecule has 216 valence electrons. The molecule has 0 bridgehead atoms. The Bertz CT molecular complexity index is 1790. The van der Waals surface area contributed by atoms with Crippen LogP contribution in [0, 0.1) is 12.7 Å². The first-order valence-electron chi connectivity index (χ1n) is 13.5. The van der Waals surface area contributed by atoms with Crippen molar-refractivity contribution in [2.24, 2.45) is 5.10 Å². The molecule has 13 nitrogen and oxygen atoms in total. The third kappa shape index (κ3) is 5.00. The van der Waals surface area contributed by atoms with Gasteiger partial charge < -0.3 is 19.5 Å². The quantitative estimate of drug-likeness (QED) is 0.250. The highest BCUT2D eigenvalue weighted by Crippen LogP contribution is 2.37. The summed E-state index contributed by atoms with van der Waals surface area (Å²) in [7, 11) is 2.02. The maximum Gasteiger partial charge on any atom is 0.341 e. The molecule has 1 saturated heterocycles. The van der Waals surface area contributed by atoms with Gasteiger partial charge in [0, 0.05) is 56.4 Å². The van der Waals surface area contributed by atoms with Gasteiger partial charge in [0.2, 0.25) is 5.43 Å². The van der Waals surface area contributed by atoms with Crippen LogP contribution in [0.5, 0.6) is 0 Å². The Kier molecular flexibility index (Phi) is 6.98. The van der Waals surface area contributed by atoms with E-state index in [1.165, 1.54) is 29.5 Å². The number of amides is 1. The number of aromatic carboxylic acids is 1. The zero-order valence-electron chi connectivity index (χ0n) is 23.0. The number of fused-ring (bicyclic) bond motifs is 1. The predicted molar refractivity (Wildman–Crippen MR) is 152 cm³/mol. The van der Waals surface area contributed by atoms with Crippen LogP contribution in [0.1, 0.15) is 50.9 Å². The fraction of sp³-hybridized carbons (Fsp3) is 0.321. The van der Waals surface area contributed by atoms with Crippen LogP contribution in [-0.2, 0) is 0 Å². The van der Waals surface area contributed by atoms with Crippen molar-refractivity contribution in [2.45, 2.75) is 25.8 Å². The molecule has 2 fully saturated rings. The van der Waals surface area contributed by atoms with Crippen LogP contribution in [0.3, 0.4) is 0 Å². The first-order valence-corrected chi connectivity index (χ1v) is 13.5. The molecule has 5 heterocycles. The fourth-order valence-corrected chi connectivity index (χ4v) is 5.04. The summed E-state index contributed by atoms with van der Waals surface area (Å²) in [6, 6.07) is 4.15. The number of hydrogen-bond acceptors (Lipinski definition) is 9. The second-order valence-corrected chi connectivity index (χ2v) is 10.4. The van der Waals surface area contributed by atoms with Gasteiger partial charge in [-0.05, 0) is 45.0 Å². The van der Waals surface area contributed by atoms with E-state index >= 15 is 4.39 Å². The Morgan fingerprint density at radius 1 is 1.17 bits per heavy atom. The van der Waals surface area contributed by atoms with Crippen LogP contribution in [0.4, 0.5) is 10.2 Å². The number of anilines is 1. The molecule has 6 rings (SSSR count). The molecular formula is C28H28FN9O4. The van der Waals surface area contributed by atoms with E-state index in [1.54, 1.807) is 23.6 Å². The van der Waals surface area contributed by atoms with Crippen LogP contribution in [0.2, 0.25) is 0 Å². The van der Waals surface area contributed by atoms with Crippen molar-refractivity contribution in [3.8, 4) is 5.82 Å². The number of pyridine rings is 3. The number of piperazine rings is 1. The molecular weight excluding hydrogens is 545 g/mol. The van der Waals surface area contributed by atoms with Crippen LogP contribution in [0.15, 0.2) is 46.7 Å². The number of carbonyl (C=O) groups excluding carboxylic acids is 1. The molecule has 4 aromatic heterocycles. The van der Waals surface area contributed by atoms with Crippen molar-refractivity contribution in [1.29, 1.82) is 0 Å². The van der Waals surface area contributed by atoms with E-state index in [9.17, 15) is 19.5 Å². The van der Waals surface area contributed by atoms with Crippen molar-refractivity contribution < 1.29 is 19.1 Å². The number of hydrogen-bond donors (Lipinski definition) is 2. The van der Waals surface area contributed by atoms with Crippen molar-refractivity contribution >= 4 is 34.9 Å². The minimum atomic E-state index is -1.37. The van der Waals surface area contributed by atoms with Crippen molar-refractivity contribution in [1.82, 2.24) is 34.6 Å². The number of nitrogens with one attached hydrogen (secondary N) is 1. The number of nitrogens with zero attached hydrogens (tertiary/aromatic N) is 8. The highest BCUT2D eigenvalue weighted by atomic mass is 19.1. The zero-order chi connectivity index (χ0) is 29.5. The zero-order valence-corrected chi connectivity index (χ0v) is 23.0. The van der Waals surface area contributed by atoms with E-state index in [-0.39, 0.29) is 22.9 Å². The number of aromatic nitrogens is 5. The molecule has 0 unspecified atom stereocenters. The van der Waals surface area contributed by atoms with E-state index in [4.69, 9.17) is 0 Å². The van der Waals surface area contributed by atoms with Gasteiger partial charge in [-0.25, -0.2) is 19.6 Å². The number of carbonyl (C=O) groups is 2. The number of carboxylic acids is 1. The van der Waals surface area contributed by atoms with Crippen LogP contribution < -0.4 is 15.8 Å². The van der Waals surface area contributed by atoms with Gasteiger partial charge in [-0.3, -0.25) is 14.6 Å². The van der Waals surface area contributed by atoms with Crippen molar-refractivity contribution in [2.75, 3.05) is 38.1 Å². The number of rotatable bonds is 7. The van der Waals surface area contributed by atoms with Crippen LogP contribution in [-0.4, -0.2) is 85.6 Å². The topological polar surface area (TPSA) is 151 Å². The van der Waals surface area contributed by atoms with Crippen LogP contribution in [0.25, 0.3) is 16.9 Å². The standard InChI is InChI=1S/C28H28FN9O4/c1-16-20(14-31-33-26(40)17-5-7-30-8-6-17)27(36-11-9-35(2)10-12-36)38(34-16)25-22(29)13-19-23(39)21(28(41)42)15-37(18-3-4-18)24(19)32-25/h5-8,13-15,18H,3-4,9-12H2,1-2H3,(H,33,40)(H,41,42)/b31-14-. The Labute approximate surface area is 238 Å². The largest absolute Gasteiger partial charge is 0.477 e. The number of halogens is 1. The summed E-state index contributed by atoms with van der Waals surface area (Å²) in [5.74, 6) is -2.20. The van der Waals surface area contributed by atoms with Gasteiger partial charge in [-0.1, -0.05) is 0 Å². The molecule has 1 saturated carbocycles. The smallest absolute Gasteiger partial charge is 0.341 e.